The number of rotatable bonds is 8. The summed E-state index contributed by atoms with van der Waals surface area (Å²) in [6.07, 6.45) is -1.05. The fourth-order valence-electron chi connectivity index (χ4n) is 2.66. The van der Waals surface area contributed by atoms with E-state index in [9.17, 15) is 18.4 Å². The first kappa shape index (κ1) is 17.8. The van der Waals surface area contributed by atoms with Gasteiger partial charge in [-0.3, -0.25) is 9.59 Å². The van der Waals surface area contributed by atoms with Gasteiger partial charge in [0.2, 0.25) is 11.8 Å². The summed E-state index contributed by atoms with van der Waals surface area (Å²) in [5.74, 6) is -0.339. The minimum absolute atomic E-state index is 0.00334. The second-order valence-electron chi connectivity index (χ2n) is 5.17. The second-order valence-corrected chi connectivity index (χ2v) is 5.17. The van der Waals surface area contributed by atoms with Crippen molar-refractivity contribution < 1.29 is 23.1 Å². The highest BCUT2D eigenvalue weighted by atomic mass is 19.3. The number of nitrogens with zero attached hydrogens (tertiary/aromatic N) is 1. The lowest BCUT2D eigenvalue weighted by Gasteiger charge is -2.45. The zero-order valence-electron chi connectivity index (χ0n) is 12.8. The molecule has 1 atom stereocenters. The standard InChI is InChI=1S/C14H24F2N2O3/c1-4-10-12(19)17-14(5-2,6-3)13(20)18(10)7-8-21-9-11(15)16/h10-11H,4-9H2,1-3H3,(H,17,19). The van der Waals surface area contributed by atoms with Crippen LogP contribution in [0.5, 0.6) is 0 Å². The molecular weight excluding hydrogens is 282 g/mol. The zero-order valence-corrected chi connectivity index (χ0v) is 12.8. The molecule has 5 nitrogen and oxygen atoms in total. The van der Waals surface area contributed by atoms with Gasteiger partial charge >= 0.3 is 0 Å². The lowest BCUT2D eigenvalue weighted by Crippen LogP contribution is -2.70. The number of alkyl halides is 2. The van der Waals surface area contributed by atoms with Crippen molar-refractivity contribution >= 4 is 11.8 Å². The molecule has 1 heterocycles. The number of nitrogens with one attached hydrogen (secondary N) is 1. The molecule has 2 amide bonds. The van der Waals surface area contributed by atoms with Crippen LogP contribution in [0.3, 0.4) is 0 Å². The van der Waals surface area contributed by atoms with Gasteiger partial charge in [-0.25, -0.2) is 8.78 Å². The maximum atomic E-state index is 12.7. The van der Waals surface area contributed by atoms with Crippen LogP contribution in [0.15, 0.2) is 0 Å². The predicted molar refractivity (Wildman–Crippen MR) is 74.1 cm³/mol. The number of amides is 2. The first-order valence-electron chi connectivity index (χ1n) is 7.40. The Morgan fingerprint density at radius 2 is 1.90 bits per heavy atom. The molecule has 1 N–H and O–H groups in total. The molecule has 1 rings (SSSR count). The van der Waals surface area contributed by atoms with Gasteiger partial charge in [-0.15, -0.1) is 0 Å². The second kappa shape index (κ2) is 7.68. The molecule has 0 aromatic rings. The average Bonchev–Trinajstić information content (AvgIpc) is 2.46. The summed E-state index contributed by atoms with van der Waals surface area (Å²) < 4.78 is 28.9. The predicted octanol–water partition coefficient (Wildman–Crippen LogP) is 1.56. The van der Waals surface area contributed by atoms with Crippen LogP contribution in [0.2, 0.25) is 0 Å². The van der Waals surface area contributed by atoms with Gasteiger partial charge in [-0.05, 0) is 19.3 Å². The van der Waals surface area contributed by atoms with Crippen molar-refractivity contribution in [2.75, 3.05) is 19.8 Å². The van der Waals surface area contributed by atoms with E-state index < -0.39 is 24.6 Å². The summed E-state index contributed by atoms with van der Waals surface area (Å²) in [5, 5.41) is 2.83. The Morgan fingerprint density at radius 3 is 2.38 bits per heavy atom. The summed E-state index contributed by atoms with van der Waals surface area (Å²) in [6, 6.07) is -0.557. The van der Waals surface area contributed by atoms with Crippen molar-refractivity contribution in [3.8, 4) is 0 Å². The smallest absolute Gasteiger partial charge is 0.261 e. The third kappa shape index (κ3) is 3.90. The molecule has 122 valence electrons. The molecular formula is C14H24F2N2O3. The highest BCUT2D eigenvalue weighted by Gasteiger charge is 2.47. The molecule has 0 saturated carbocycles. The third-order valence-corrected chi connectivity index (χ3v) is 4.03. The SMILES string of the molecule is CCC1C(=O)NC(CC)(CC)C(=O)N1CCOCC(F)F. The Labute approximate surface area is 124 Å². The zero-order chi connectivity index (χ0) is 16.0. The van der Waals surface area contributed by atoms with E-state index >= 15 is 0 Å². The molecule has 0 radical (unpaired) electrons. The molecule has 21 heavy (non-hydrogen) atoms. The number of hydrogen-bond donors (Lipinski definition) is 1. The molecule has 7 heteroatoms. The maximum absolute atomic E-state index is 12.7. The Bertz CT molecular complexity index is 373. The number of ether oxygens (including phenoxy) is 1. The number of carbonyl (C=O) groups excluding carboxylic acids is 2. The van der Waals surface area contributed by atoms with Crippen LogP contribution >= 0.6 is 0 Å². The maximum Gasteiger partial charge on any atom is 0.261 e. The fraction of sp³-hybridized carbons (Fsp3) is 0.857. The Hall–Kier alpha value is -1.24. The highest BCUT2D eigenvalue weighted by Crippen LogP contribution is 2.25. The fourth-order valence-corrected chi connectivity index (χ4v) is 2.66. The molecule has 0 aromatic carbocycles. The summed E-state index contributed by atoms with van der Waals surface area (Å²) in [7, 11) is 0. The van der Waals surface area contributed by atoms with Gasteiger partial charge in [0.15, 0.2) is 0 Å². The van der Waals surface area contributed by atoms with Crippen molar-refractivity contribution in [3.05, 3.63) is 0 Å². The first-order chi connectivity index (χ1) is 9.91. The van der Waals surface area contributed by atoms with Crippen LogP contribution in [0.4, 0.5) is 8.78 Å². The van der Waals surface area contributed by atoms with Crippen molar-refractivity contribution in [2.24, 2.45) is 0 Å². The number of hydrogen-bond acceptors (Lipinski definition) is 3. The number of halogens is 2. The lowest BCUT2D eigenvalue weighted by atomic mass is 9.86. The van der Waals surface area contributed by atoms with Crippen molar-refractivity contribution in [2.45, 2.75) is 58.0 Å². The monoisotopic (exact) mass is 306 g/mol. The van der Waals surface area contributed by atoms with E-state index in [1.807, 2.05) is 20.8 Å². The summed E-state index contributed by atoms with van der Waals surface area (Å²) in [5.41, 5.74) is -0.883. The minimum atomic E-state index is -2.53. The van der Waals surface area contributed by atoms with Gasteiger partial charge in [0, 0.05) is 6.54 Å². The van der Waals surface area contributed by atoms with E-state index in [0.717, 1.165) is 0 Å². The Kier molecular flexibility index (Phi) is 6.51. The van der Waals surface area contributed by atoms with Gasteiger partial charge in [0.25, 0.3) is 6.43 Å². The van der Waals surface area contributed by atoms with Crippen molar-refractivity contribution in [3.63, 3.8) is 0 Å². The molecule has 1 aliphatic rings. The van der Waals surface area contributed by atoms with E-state index in [-0.39, 0.29) is 25.0 Å². The average molecular weight is 306 g/mol. The first-order valence-corrected chi connectivity index (χ1v) is 7.40. The van der Waals surface area contributed by atoms with Gasteiger partial charge in [-0.1, -0.05) is 20.8 Å². The van der Waals surface area contributed by atoms with Crippen LogP contribution in [0.1, 0.15) is 40.0 Å². The third-order valence-electron chi connectivity index (χ3n) is 4.03. The van der Waals surface area contributed by atoms with Crippen LogP contribution in [0, 0.1) is 0 Å². The molecule has 1 saturated heterocycles. The van der Waals surface area contributed by atoms with Crippen molar-refractivity contribution in [1.29, 1.82) is 0 Å². The van der Waals surface area contributed by atoms with E-state index in [4.69, 9.17) is 4.74 Å². The van der Waals surface area contributed by atoms with E-state index in [0.29, 0.717) is 19.3 Å². The van der Waals surface area contributed by atoms with Crippen LogP contribution in [0.25, 0.3) is 0 Å². The largest absolute Gasteiger partial charge is 0.374 e. The van der Waals surface area contributed by atoms with Crippen molar-refractivity contribution in [1.82, 2.24) is 10.2 Å². The molecule has 0 bridgehead atoms. The molecule has 0 aromatic heterocycles. The quantitative estimate of drug-likeness (QED) is 0.692. The molecule has 1 aliphatic heterocycles. The number of piperazine rings is 1. The summed E-state index contributed by atoms with van der Waals surface area (Å²) >= 11 is 0. The molecule has 1 unspecified atom stereocenters. The minimum Gasteiger partial charge on any atom is -0.374 e. The number of carbonyl (C=O) groups is 2. The Balaban J connectivity index is 2.79. The van der Waals surface area contributed by atoms with Crippen LogP contribution < -0.4 is 5.32 Å². The Morgan fingerprint density at radius 1 is 1.29 bits per heavy atom. The topological polar surface area (TPSA) is 58.6 Å². The molecule has 0 spiro atoms. The highest BCUT2D eigenvalue weighted by molar-refractivity contribution is 5.99. The van der Waals surface area contributed by atoms with E-state index in [1.54, 1.807) is 0 Å². The summed E-state index contributed by atoms with van der Waals surface area (Å²) in [4.78, 5) is 26.3. The van der Waals surface area contributed by atoms with Gasteiger partial charge in [0.1, 0.15) is 18.2 Å². The van der Waals surface area contributed by atoms with Gasteiger partial charge in [0.05, 0.1) is 6.61 Å². The summed E-state index contributed by atoms with van der Waals surface area (Å²) in [6.45, 7) is 5.01. The van der Waals surface area contributed by atoms with Gasteiger partial charge < -0.3 is 15.0 Å². The van der Waals surface area contributed by atoms with Crippen LogP contribution in [-0.4, -0.2) is 54.5 Å². The van der Waals surface area contributed by atoms with E-state index in [2.05, 4.69) is 5.32 Å². The van der Waals surface area contributed by atoms with E-state index in [1.165, 1.54) is 4.90 Å². The lowest BCUT2D eigenvalue weighted by molar-refractivity contribution is -0.156. The molecule has 0 aliphatic carbocycles. The van der Waals surface area contributed by atoms with Gasteiger partial charge in [-0.2, -0.15) is 0 Å². The van der Waals surface area contributed by atoms with Crippen LogP contribution in [-0.2, 0) is 14.3 Å². The normalized spacial score (nSPS) is 21.8. The molecule has 1 fully saturated rings.